The van der Waals surface area contributed by atoms with Gasteiger partial charge in [-0.25, -0.2) is 14.2 Å². The highest BCUT2D eigenvalue weighted by atomic mass is 16.6. The molecule has 0 bridgehead atoms. The number of benzene rings is 2. The van der Waals surface area contributed by atoms with Gasteiger partial charge in [0.05, 0.1) is 18.8 Å². The minimum atomic E-state index is -1.06. The summed E-state index contributed by atoms with van der Waals surface area (Å²) in [5.41, 5.74) is -0.0191. The van der Waals surface area contributed by atoms with Crippen molar-refractivity contribution >= 4 is 5.97 Å². The fourth-order valence-corrected chi connectivity index (χ4v) is 3.91. The SMILES string of the molecule is COC1[C@H](n2ccc(=O)n(COCc3ccccc3)c2=O)O[C@H](CO)[C@H]1OC(=O)c1ccccc1. The number of esters is 1. The number of aromatic nitrogens is 2. The van der Waals surface area contributed by atoms with Crippen LogP contribution in [0.4, 0.5) is 0 Å². The Labute approximate surface area is 200 Å². The first-order valence-corrected chi connectivity index (χ1v) is 11.0. The first-order chi connectivity index (χ1) is 17.0. The minimum Gasteiger partial charge on any atom is -0.453 e. The van der Waals surface area contributed by atoms with Crippen molar-refractivity contribution in [2.24, 2.45) is 0 Å². The van der Waals surface area contributed by atoms with Gasteiger partial charge in [0.25, 0.3) is 5.56 Å². The number of aliphatic hydroxyl groups excluding tert-OH is 1. The number of methoxy groups -OCH3 is 1. The van der Waals surface area contributed by atoms with E-state index in [-0.39, 0.29) is 13.3 Å². The van der Waals surface area contributed by atoms with E-state index >= 15 is 0 Å². The van der Waals surface area contributed by atoms with Crippen molar-refractivity contribution in [1.29, 1.82) is 0 Å². The Kier molecular flexibility index (Phi) is 7.88. The van der Waals surface area contributed by atoms with Crippen LogP contribution in [0.3, 0.4) is 0 Å². The minimum absolute atomic E-state index is 0.215. The second kappa shape index (κ2) is 11.2. The van der Waals surface area contributed by atoms with E-state index in [0.717, 1.165) is 10.1 Å². The summed E-state index contributed by atoms with van der Waals surface area (Å²) in [7, 11) is 1.38. The second-order valence-electron chi connectivity index (χ2n) is 7.92. The maximum absolute atomic E-state index is 13.2. The van der Waals surface area contributed by atoms with Crippen LogP contribution in [0.1, 0.15) is 22.1 Å². The lowest BCUT2D eigenvalue weighted by Crippen LogP contribution is -2.44. The highest BCUT2D eigenvalue weighted by Crippen LogP contribution is 2.33. The third kappa shape index (κ3) is 5.41. The van der Waals surface area contributed by atoms with E-state index in [4.69, 9.17) is 18.9 Å². The van der Waals surface area contributed by atoms with Crippen LogP contribution in [0.2, 0.25) is 0 Å². The molecule has 1 unspecified atom stereocenters. The van der Waals surface area contributed by atoms with E-state index in [1.165, 1.54) is 23.9 Å². The summed E-state index contributed by atoms with van der Waals surface area (Å²) in [5, 5.41) is 9.86. The van der Waals surface area contributed by atoms with Crippen LogP contribution in [-0.2, 0) is 32.3 Å². The third-order valence-electron chi connectivity index (χ3n) is 5.69. The maximum atomic E-state index is 13.2. The smallest absolute Gasteiger partial charge is 0.338 e. The molecule has 1 N–H and O–H groups in total. The molecule has 1 aliphatic heterocycles. The van der Waals surface area contributed by atoms with Gasteiger partial charge in [-0.3, -0.25) is 9.36 Å². The van der Waals surface area contributed by atoms with Crippen LogP contribution in [0.25, 0.3) is 0 Å². The van der Waals surface area contributed by atoms with Gasteiger partial charge >= 0.3 is 11.7 Å². The maximum Gasteiger partial charge on any atom is 0.338 e. The average molecular weight is 482 g/mol. The zero-order valence-electron chi connectivity index (χ0n) is 19.1. The Bertz CT molecular complexity index is 1240. The lowest BCUT2D eigenvalue weighted by molar-refractivity contribution is -0.0641. The van der Waals surface area contributed by atoms with E-state index in [9.17, 15) is 19.5 Å². The molecule has 0 saturated carbocycles. The summed E-state index contributed by atoms with van der Waals surface area (Å²) in [4.78, 5) is 38.2. The predicted octanol–water partition coefficient (Wildman–Crippen LogP) is 1.31. The zero-order chi connectivity index (χ0) is 24.8. The van der Waals surface area contributed by atoms with Crippen molar-refractivity contribution in [3.63, 3.8) is 0 Å². The molecule has 2 heterocycles. The molecule has 2 aromatic carbocycles. The van der Waals surface area contributed by atoms with Gasteiger partial charge in [-0.2, -0.15) is 0 Å². The monoisotopic (exact) mass is 482 g/mol. The number of nitrogens with zero attached hydrogens (tertiary/aromatic N) is 2. The molecule has 0 spiro atoms. The van der Waals surface area contributed by atoms with E-state index in [0.29, 0.717) is 5.56 Å². The molecule has 1 aliphatic rings. The largest absolute Gasteiger partial charge is 0.453 e. The molecule has 1 fully saturated rings. The van der Waals surface area contributed by atoms with Crippen LogP contribution in [-0.4, -0.2) is 52.2 Å². The molecule has 35 heavy (non-hydrogen) atoms. The summed E-state index contributed by atoms with van der Waals surface area (Å²) in [6.07, 6.45) is -2.64. The second-order valence-corrected chi connectivity index (χ2v) is 7.92. The van der Waals surface area contributed by atoms with Gasteiger partial charge < -0.3 is 24.1 Å². The van der Waals surface area contributed by atoms with Gasteiger partial charge in [0.2, 0.25) is 0 Å². The van der Waals surface area contributed by atoms with Crippen molar-refractivity contribution < 1.29 is 28.8 Å². The lowest BCUT2D eigenvalue weighted by Gasteiger charge is -2.23. The molecule has 184 valence electrons. The molecule has 10 heteroatoms. The summed E-state index contributed by atoms with van der Waals surface area (Å²) < 4.78 is 24.7. The van der Waals surface area contributed by atoms with Gasteiger partial charge in [-0.1, -0.05) is 48.5 Å². The highest BCUT2D eigenvalue weighted by molar-refractivity contribution is 5.89. The number of ether oxygens (including phenoxy) is 4. The Hall–Kier alpha value is -3.57. The normalized spacial score (nSPS) is 21.7. The molecule has 10 nitrogen and oxygen atoms in total. The Morgan fingerprint density at radius 2 is 1.69 bits per heavy atom. The number of carbonyl (C=O) groups is 1. The Morgan fingerprint density at radius 1 is 1.00 bits per heavy atom. The van der Waals surface area contributed by atoms with Gasteiger partial charge in [0.15, 0.2) is 12.3 Å². The molecule has 1 aromatic heterocycles. The van der Waals surface area contributed by atoms with Crippen molar-refractivity contribution in [3.8, 4) is 0 Å². The fourth-order valence-electron chi connectivity index (χ4n) is 3.91. The van der Waals surface area contributed by atoms with Crippen LogP contribution < -0.4 is 11.2 Å². The van der Waals surface area contributed by atoms with Gasteiger partial charge in [-0.05, 0) is 17.7 Å². The number of aliphatic hydroxyl groups is 1. The summed E-state index contributed by atoms with van der Waals surface area (Å²) >= 11 is 0. The first kappa shape index (κ1) is 24.6. The molecule has 1 saturated heterocycles. The summed E-state index contributed by atoms with van der Waals surface area (Å²) in [6.45, 7) is -0.530. The Morgan fingerprint density at radius 3 is 2.34 bits per heavy atom. The average Bonchev–Trinajstić information content (AvgIpc) is 3.24. The van der Waals surface area contributed by atoms with Crippen LogP contribution in [0.5, 0.6) is 0 Å². The number of hydrogen-bond donors (Lipinski definition) is 1. The first-order valence-electron chi connectivity index (χ1n) is 11.0. The molecule has 0 amide bonds. The standard InChI is InChI=1S/C25H26N2O8/c1-32-22-21(35-24(30)18-10-6-3-7-11-18)19(14-28)34-23(22)26-13-12-20(29)27(25(26)31)16-33-15-17-8-4-2-5-9-17/h2-13,19,21-23,28H,14-16H2,1H3/t19-,21-,22?,23-/m1/s1. The number of rotatable bonds is 9. The van der Waals surface area contributed by atoms with Crippen LogP contribution >= 0.6 is 0 Å². The topological polar surface area (TPSA) is 118 Å². The van der Waals surface area contributed by atoms with E-state index < -0.39 is 48.4 Å². The predicted molar refractivity (Wildman–Crippen MR) is 124 cm³/mol. The Balaban J connectivity index is 1.55. The van der Waals surface area contributed by atoms with E-state index in [1.807, 2.05) is 30.3 Å². The summed E-state index contributed by atoms with van der Waals surface area (Å²) in [6, 6.07) is 18.9. The zero-order valence-corrected chi connectivity index (χ0v) is 19.1. The fraction of sp³-hybridized carbons (Fsp3) is 0.320. The third-order valence-corrected chi connectivity index (χ3v) is 5.69. The van der Waals surface area contributed by atoms with Crippen LogP contribution in [0.15, 0.2) is 82.5 Å². The van der Waals surface area contributed by atoms with E-state index in [1.54, 1.807) is 30.3 Å². The molecule has 3 aromatic rings. The molecule has 4 atom stereocenters. The van der Waals surface area contributed by atoms with Gasteiger partial charge in [0, 0.05) is 19.4 Å². The molecule has 0 radical (unpaired) electrons. The molecular formula is C25H26N2O8. The van der Waals surface area contributed by atoms with Gasteiger partial charge in [-0.15, -0.1) is 0 Å². The van der Waals surface area contributed by atoms with Crippen molar-refractivity contribution in [2.75, 3.05) is 13.7 Å². The number of carbonyl (C=O) groups excluding carboxylic acids is 1. The molecule has 4 rings (SSSR count). The highest BCUT2D eigenvalue weighted by Gasteiger charge is 2.48. The molecule has 0 aliphatic carbocycles. The van der Waals surface area contributed by atoms with Gasteiger partial charge in [0.1, 0.15) is 18.9 Å². The van der Waals surface area contributed by atoms with Crippen molar-refractivity contribution in [3.05, 3.63) is 105 Å². The quantitative estimate of drug-likeness (QED) is 0.454. The number of hydrogen-bond acceptors (Lipinski definition) is 8. The van der Waals surface area contributed by atoms with E-state index in [2.05, 4.69) is 0 Å². The van der Waals surface area contributed by atoms with Crippen molar-refractivity contribution in [1.82, 2.24) is 9.13 Å². The lowest BCUT2D eigenvalue weighted by atomic mass is 10.1. The van der Waals surface area contributed by atoms with Crippen LogP contribution in [0, 0.1) is 0 Å². The molecular weight excluding hydrogens is 456 g/mol. The summed E-state index contributed by atoms with van der Waals surface area (Å²) in [5.74, 6) is -0.619. The van der Waals surface area contributed by atoms with Crippen molar-refractivity contribution in [2.45, 2.75) is 37.9 Å².